The second kappa shape index (κ2) is 5.08. The Hall–Kier alpha value is -0.650. The zero-order chi connectivity index (χ0) is 9.61. The monoisotopic (exact) mass is 178 g/mol. The average Bonchev–Trinajstić information content (AvgIpc) is 1.85. The second-order valence-electron chi connectivity index (χ2n) is 2.15. The van der Waals surface area contributed by atoms with Gasteiger partial charge in [-0.2, -0.15) is 0 Å². The third kappa shape index (κ3) is 4.27. The van der Waals surface area contributed by atoms with Crippen LogP contribution in [0.25, 0.3) is 0 Å². The van der Waals surface area contributed by atoms with Gasteiger partial charge in [0.25, 0.3) is 5.97 Å². The molecule has 0 aliphatic heterocycles. The SMILES string of the molecule is CCOC(O)(CC(=O)O)OCC. The van der Waals surface area contributed by atoms with E-state index in [4.69, 9.17) is 14.6 Å². The summed E-state index contributed by atoms with van der Waals surface area (Å²) in [4.78, 5) is 10.2. The van der Waals surface area contributed by atoms with Crippen molar-refractivity contribution in [3.8, 4) is 0 Å². The van der Waals surface area contributed by atoms with E-state index in [-0.39, 0.29) is 13.2 Å². The predicted molar refractivity (Wildman–Crippen MR) is 40.5 cm³/mol. The molecule has 0 rings (SSSR count). The average molecular weight is 178 g/mol. The van der Waals surface area contributed by atoms with Crippen LogP contribution in [-0.4, -0.2) is 35.4 Å². The molecule has 0 saturated carbocycles. The van der Waals surface area contributed by atoms with Crippen molar-refractivity contribution in [1.29, 1.82) is 0 Å². The van der Waals surface area contributed by atoms with Crippen molar-refractivity contribution in [2.24, 2.45) is 0 Å². The lowest BCUT2D eigenvalue weighted by molar-refractivity contribution is -0.356. The minimum Gasteiger partial charge on any atom is -0.481 e. The largest absolute Gasteiger partial charge is 0.481 e. The molecule has 0 fully saturated rings. The Balaban J connectivity index is 4.07. The quantitative estimate of drug-likeness (QED) is 0.567. The van der Waals surface area contributed by atoms with Gasteiger partial charge in [0.15, 0.2) is 0 Å². The number of hydrogen-bond acceptors (Lipinski definition) is 4. The molecule has 72 valence electrons. The molecular formula is C7H14O5. The third-order valence-corrected chi connectivity index (χ3v) is 1.11. The van der Waals surface area contributed by atoms with Crippen molar-refractivity contribution in [2.45, 2.75) is 26.2 Å². The van der Waals surface area contributed by atoms with Gasteiger partial charge in [0, 0.05) is 13.2 Å². The van der Waals surface area contributed by atoms with Gasteiger partial charge in [-0.25, -0.2) is 0 Å². The summed E-state index contributed by atoms with van der Waals surface area (Å²) in [5.74, 6) is -3.14. The number of aliphatic hydroxyl groups is 1. The molecule has 0 atom stereocenters. The zero-order valence-corrected chi connectivity index (χ0v) is 7.24. The predicted octanol–water partition coefficient (Wildman–Crippen LogP) is 0.180. The molecule has 0 aliphatic rings. The topological polar surface area (TPSA) is 76.0 Å². The first-order valence-corrected chi connectivity index (χ1v) is 3.76. The molecular weight excluding hydrogens is 164 g/mol. The smallest absolute Gasteiger partial charge is 0.311 e. The molecule has 0 aromatic heterocycles. The summed E-state index contributed by atoms with van der Waals surface area (Å²) in [5.41, 5.74) is 0. The van der Waals surface area contributed by atoms with Crippen molar-refractivity contribution >= 4 is 5.97 Å². The molecule has 0 spiro atoms. The van der Waals surface area contributed by atoms with Crippen LogP contribution in [0.4, 0.5) is 0 Å². The molecule has 0 aliphatic carbocycles. The van der Waals surface area contributed by atoms with Gasteiger partial charge in [-0.3, -0.25) is 4.79 Å². The third-order valence-electron chi connectivity index (χ3n) is 1.11. The summed E-state index contributed by atoms with van der Waals surface area (Å²) in [5, 5.41) is 17.7. The van der Waals surface area contributed by atoms with Crippen LogP contribution in [0.3, 0.4) is 0 Å². The number of aliphatic carboxylic acids is 1. The summed E-state index contributed by atoms with van der Waals surface area (Å²) in [6.45, 7) is 3.69. The molecule has 0 unspecified atom stereocenters. The van der Waals surface area contributed by atoms with Gasteiger partial charge in [-0.1, -0.05) is 0 Å². The lowest BCUT2D eigenvalue weighted by Gasteiger charge is -2.24. The highest BCUT2D eigenvalue weighted by molar-refractivity contribution is 5.67. The number of hydrogen-bond donors (Lipinski definition) is 2. The Morgan fingerprint density at radius 1 is 1.33 bits per heavy atom. The first-order valence-electron chi connectivity index (χ1n) is 3.76. The lowest BCUT2D eigenvalue weighted by atomic mass is 10.4. The number of carboxylic acid groups (broad SMARTS) is 1. The molecule has 0 amide bonds. The maximum atomic E-state index is 10.2. The number of ether oxygens (including phenoxy) is 2. The van der Waals surface area contributed by atoms with Crippen LogP contribution in [-0.2, 0) is 14.3 Å². The summed E-state index contributed by atoms with van der Waals surface area (Å²) in [7, 11) is 0. The van der Waals surface area contributed by atoms with Gasteiger partial charge in [0.1, 0.15) is 6.42 Å². The fourth-order valence-corrected chi connectivity index (χ4v) is 0.786. The van der Waals surface area contributed by atoms with Gasteiger partial charge in [-0.15, -0.1) is 0 Å². The van der Waals surface area contributed by atoms with Crippen molar-refractivity contribution in [3.05, 3.63) is 0 Å². The summed E-state index contributed by atoms with van der Waals surface area (Å²) in [6, 6.07) is 0. The van der Waals surface area contributed by atoms with E-state index in [2.05, 4.69) is 0 Å². The molecule has 0 aromatic carbocycles. The van der Waals surface area contributed by atoms with Crippen molar-refractivity contribution in [2.75, 3.05) is 13.2 Å². The van der Waals surface area contributed by atoms with Gasteiger partial charge in [0.05, 0.1) is 0 Å². The van der Waals surface area contributed by atoms with E-state index in [1.165, 1.54) is 0 Å². The normalized spacial score (nSPS) is 11.6. The van der Waals surface area contributed by atoms with E-state index in [9.17, 15) is 9.90 Å². The van der Waals surface area contributed by atoms with Gasteiger partial charge in [0.2, 0.25) is 0 Å². The molecule has 0 radical (unpaired) electrons. The maximum absolute atomic E-state index is 10.2. The van der Waals surface area contributed by atoms with Gasteiger partial charge in [-0.05, 0) is 13.8 Å². The van der Waals surface area contributed by atoms with E-state index in [1.54, 1.807) is 13.8 Å². The molecule has 0 heterocycles. The van der Waals surface area contributed by atoms with Crippen LogP contribution in [0.2, 0.25) is 0 Å². The van der Waals surface area contributed by atoms with E-state index >= 15 is 0 Å². The Kier molecular flexibility index (Phi) is 4.80. The Bertz CT molecular complexity index is 139. The molecule has 0 bridgehead atoms. The summed E-state index contributed by atoms with van der Waals surface area (Å²) in [6.07, 6.45) is -0.575. The van der Waals surface area contributed by atoms with Crippen LogP contribution in [0, 0.1) is 0 Å². The molecule has 12 heavy (non-hydrogen) atoms. The highest BCUT2D eigenvalue weighted by atomic mass is 16.8. The van der Waals surface area contributed by atoms with E-state index in [0.29, 0.717) is 0 Å². The minimum absolute atomic E-state index is 0.198. The Labute approximate surface area is 70.9 Å². The fourth-order valence-electron chi connectivity index (χ4n) is 0.786. The van der Waals surface area contributed by atoms with Crippen LogP contribution in [0.1, 0.15) is 20.3 Å². The van der Waals surface area contributed by atoms with Crippen LogP contribution in [0.15, 0.2) is 0 Å². The minimum atomic E-state index is -1.98. The first kappa shape index (κ1) is 11.4. The van der Waals surface area contributed by atoms with E-state index < -0.39 is 18.4 Å². The maximum Gasteiger partial charge on any atom is 0.311 e. The number of carboxylic acids is 1. The molecule has 5 heteroatoms. The van der Waals surface area contributed by atoms with Crippen LogP contribution >= 0.6 is 0 Å². The van der Waals surface area contributed by atoms with E-state index in [0.717, 1.165) is 0 Å². The van der Waals surface area contributed by atoms with Gasteiger partial charge < -0.3 is 19.7 Å². The highest BCUT2D eigenvalue weighted by Crippen LogP contribution is 2.13. The zero-order valence-electron chi connectivity index (χ0n) is 7.24. The fraction of sp³-hybridized carbons (Fsp3) is 0.857. The van der Waals surface area contributed by atoms with Crippen LogP contribution in [0.5, 0.6) is 0 Å². The first-order chi connectivity index (χ1) is 5.54. The standard InChI is InChI=1S/C7H14O5/c1-3-11-7(10,12-4-2)5-6(8)9/h10H,3-5H2,1-2H3,(H,8,9). The molecule has 0 saturated heterocycles. The molecule has 0 aromatic rings. The molecule has 2 N–H and O–H groups in total. The lowest BCUT2D eigenvalue weighted by Crippen LogP contribution is -2.38. The van der Waals surface area contributed by atoms with E-state index in [1.807, 2.05) is 0 Å². The highest BCUT2D eigenvalue weighted by Gasteiger charge is 2.31. The second-order valence-corrected chi connectivity index (χ2v) is 2.15. The summed E-state index contributed by atoms with van der Waals surface area (Å²) < 4.78 is 9.47. The Morgan fingerprint density at radius 3 is 2.00 bits per heavy atom. The number of carbonyl (C=O) groups is 1. The van der Waals surface area contributed by atoms with Crippen LogP contribution < -0.4 is 0 Å². The summed E-state index contributed by atoms with van der Waals surface area (Å²) >= 11 is 0. The van der Waals surface area contributed by atoms with Crippen molar-refractivity contribution < 1.29 is 24.5 Å². The number of rotatable bonds is 6. The Morgan fingerprint density at radius 2 is 1.75 bits per heavy atom. The molecule has 5 nitrogen and oxygen atoms in total. The van der Waals surface area contributed by atoms with Crippen molar-refractivity contribution in [3.63, 3.8) is 0 Å². The van der Waals surface area contributed by atoms with Gasteiger partial charge >= 0.3 is 5.97 Å². The van der Waals surface area contributed by atoms with Crippen molar-refractivity contribution in [1.82, 2.24) is 0 Å².